The largest absolute Gasteiger partial charge is 0.398 e. The zero-order valence-electron chi connectivity index (χ0n) is 11.1. The summed E-state index contributed by atoms with van der Waals surface area (Å²) >= 11 is 5.82. The molecule has 2 aromatic rings. The molecule has 20 heavy (non-hydrogen) atoms. The SMILES string of the molecule is Cc1ccc(NS(=O)(=O)c2cc(Cl)ccc2N)cc1C. The van der Waals surface area contributed by atoms with Gasteiger partial charge in [-0.1, -0.05) is 17.7 Å². The second-order valence-electron chi connectivity index (χ2n) is 4.59. The highest BCUT2D eigenvalue weighted by Crippen LogP contribution is 2.25. The number of anilines is 2. The Hall–Kier alpha value is -1.72. The molecule has 0 aliphatic rings. The van der Waals surface area contributed by atoms with Crippen molar-refractivity contribution >= 4 is 33.0 Å². The lowest BCUT2D eigenvalue weighted by Gasteiger charge is -2.11. The average Bonchev–Trinajstić information content (AvgIpc) is 2.36. The summed E-state index contributed by atoms with van der Waals surface area (Å²) in [4.78, 5) is -0.0248. The Morgan fingerprint density at radius 1 is 1.05 bits per heavy atom. The smallest absolute Gasteiger partial charge is 0.263 e. The molecular formula is C14H15ClN2O2S. The molecule has 0 bridgehead atoms. The summed E-state index contributed by atoms with van der Waals surface area (Å²) in [6.45, 7) is 3.88. The van der Waals surface area contributed by atoms with E-state index in [-0.39, 0.29) is 10.6 Å². The van der Waals surface area contributed by atoms with Crippen molar-refractivity contribution in [1.82, 2.24) is 0 Å². The lowest BCUT2D eigenvalue weighted by Crippen LogP contribution is -2.15. The molecule has 0 unspecified atom stereocenters. The van der Waals surface area contributed by atoms with Gasteiger partial charge in [0.2, 0.25) is 0 Å². The molecule has 0 aliphatic heterocycles. The third-order valence-corrected chi connectivity index (χ3v) is 4.70. The van der Waals surface area contributed by atoms with Gasteiger partial charge >= 0.3 is 0 Å². The van der Waals surface area contributed by atoms with Crippen LogP contribution in [0.15, 0.2) is 41.3 Å². The van der Waals surface area contributed by atoms with E-state index in [2.05, 4.69) is 4.72 Å². The van der Waals surface area contributed by atoms with Gasteiger partial charge in [0.1, 0.15) is 4.90 Å². The molecule has 4 nitrogen and oxygen atoms in total. The summed E-state index contributed by atoms with van der Waals surface area (Å²) in [5, 5.41) is 0.319. The van der Waals surface area contributed by atoms with E-state index in [1.807, 2.05) is 19.9 Å². The first-order valence-electron chi connectivity index (χ1n) is 5.95. The Labute approximate surface area is 123 Å². The van der Waals surface area contributed by atoms with E-state index in [0.717, 1.165) is 11.1 Å². The number of hydrogen-bond donors (Lipinski definition) is 2. The highest BCUT2D eigenvalue weighted by molar-refractivity contribution is 7.92. The van der Waals surface area contributed by atoms with Crippen molar-refractivity contribution in [3.63, 3.8) is 0 Å². The summed E-state index contributed by atoms with van der Waals surface area (Å²) < 4.78 is 27.1. The maximum absolute atomic E-state index is 12.3. The van der Waals surface area contributed by atoms with Crippen LogP contribution in [0.5, 0.6) is 0 Å². The molecule has 0 radical (unpaired) electrons. The van der Waals surface area contributed by atoms with Gasteiger partial charge in [-0.05, 0) is 55.3 Å². The van der Waals surface area contributed by atoms with Gasteiger partial charge in [0, 0.05) is 10.7 Å². The molecule has 2 aromatic carbocycles. The first-order chi connectivity index (χ1) is 9.29. The standard InChI is InChI=1S/C14H15ClN2O2S/c1-9-3-5-12(7-10(9)2)17-20(18,19)14-8-11(15)4-6-13(14)16/h3-8,17H,16H2,1-2H3. The number of nitrogen functional groups attached to an aromatic ring is 1. The molecular weight excluding hydrogens is 296 g/mol. The number of hydrogen-bond acceptors (Lipinski definition) is 3. The molecule has 2 rings (SSSR count). The third kappa shape index (κ3) is 3.05. The minimum Gasteiger partial charge on any atom is -0.398 e. The van der Waals surface area contributed by atoms with Gasteiger partial charge in [0.05, 0.1) is 5.69 Å². The minimum atomic E-state index is -3.76. The van der Waals surface area contributed by atoms with Crippen LogP contribution in [0.4, 0.5) is 11.4 Å². The van der Waals surface area contributed by atoms with Gasteiger partial charge in [-0.2, -0.15) is 0 Å². The molecule has 3 N–H and O–H groups in total. The number of nitrogens with one attached hydrogen (secondary N) is 1. The molecule has 106 valence electrons. The lowest BCUT2D eigenvalue weighted by atomic mass is 10.1. The molecule has 0 amide bonds. The lowest BCUT2D eigenvalue weighted by molar-refractivity contribution is 0.601. The predicted molar refractivity (Wildman–Crippen MR) is 82.6 cm³/mol. The first kappa shape index (κ1) is 14.7. The summed E-state index contributed by atoms with van der Waals surface area (Å²) in [5.74, 6) is 0. The second-order valence-corrected chi connectivity index (χ2v) is 6.67. The van der Waals surface area contributed by atoms with Crippen LogP contribution < -0.4 is 10.5 Å². The molecule has 0 aromatic heterocycles. The first-order valence-corrected chi connectivity index (χ1v) is 7.81. The van der Waals surface area contributed by atoms with Crippen LogP contribution in [0.25, 0.3) is 0 Å². The zero-order valence-corrected chi connectivity index (χ0v) is 12.7. The highest BCUT2D eigenvalue weighted by Gasteiger charge is 2.18. The number of nitrogens with two attached hydrogens (primary N) is 1. The van der Waals surface area contributed by atoms with Crippen molar-refractivity contribution in [1.29, 1.82) is 0 Å². The molecule has 0 heterocycles. The predicted octanol–water partition coefficient (Wildman–Crippen LogP) is 3.34. The number of aryl methyl sites for hydroxylation is 2. The van der Waals surface area contributed by atoms with E-state index in [1.165, 1.54) is 12.1 Å². The van der Waals surface area contributed by atoms with Crippen LogP contribution in [-0.2, 0) is 10.0 Å². The summed E-state index contributed by atoms with van der Waals surface area (Å²) in [6, 6.07) is 9.69. The van der Waals surface area contributed by atoms with E-state index < -0.39 is 10.0 Å². The van der Waals surface area contributed by atoms with Gasteiger partial charge in [0.25, 0.3) is 10.0 Å². The van der Waals surface area contributed by atoms with E-state index in [1.54, 1.807) is 18.2 Å². The zero-order chi connectivity index (χ0) is 14.9. The summed E-state index contributed by atoms with van der Waals surface area (Å²) in [5.41, 5.74) is 8.45. The minimum absolute atomic E-state index is 0.0248. The fourth-order valence-corrected chi connectivity index (χ4v) is 3.20. The van der Waals surface area contributed by atoms with E-state index in [0.29, 0.717) is 10.7 Å². The molecule has 6 heteroatoms. The van der Waals surface area contributed by atoms with Crippen LogP contribution in [-0.4, -0.2) is 8.42 Å². The van der Waals surface area contributed by atoms with Crippen molar-refractivity contribution in [3.8, 4) is 0 Å². The van der Waals surface area contributed by atoms with Crippen molar-refractivity contribution in [2.24, 2.45) is 0 Å². The number of sulfonamides is 1. The number of halogens is 1. The highest BCUT2D eigenvalue weighted by atomic mass is 35.5. The Morgan fingerprint density at radius 2 is 1.75 bits per heavy atom. The van der Waals surface area contributed by atoms with Crippen molar-refractivity contribution < 1.29 is 8.42 Å². The van der Waals surface area contributed by atoms with Gasteiger partial charge in [-0.3, -0.25) is 4.72 Å². The van der Waals surface area contributed by atoms with Crippen LogP contribution in [0, 0.1) is 13.8 Å². The molecule has 0 atom stereocenters. The van der Waals surface area contributed by atoms with Crippen LogP contribution in [0.3, 0.4) is 0 Å². The third-order valence-electron chi connectivity index (χ3n) is 3.02. The van der Waals surface area contributed by atoms with Crippen LogP contribution in [0.2, 0.25) is 5.02 Å². The fourth-order valence-electron chi connectivity index (χ4n) is 1.76. The molecule has 0 aliphatic carbocycles. The molecule has 0 saturated heterocycles. The molecule has 0 spiro atoms. The Balaban J connectivity index is 2.40. The topological polar surface area (TPSA) is 72.2 Å². The van der Waals surface area contributed by atoms with E-state index in [9.17, 15) is 8.42 Å². The van der Waals surface area contributed by atoms with Crippen molar-refractivity contribution in [2.75, 3.05) is 10.5 Å². The maximum Gasteiger partial charge on any atom is 0.263 e. The van der Waals surface area contributed by atoms with E-state index in [4.69, 9.17) is 17.3 Å². The Morgan fingerprint density at radius 3 is 2.40 bits per heavy atom. The maximum atomic E-state index is 12.3. The van der Waals surface area contributed by atoms with Crippen LogP contribution >= 0.6 is 11.6 Å². The van der Waals surface area contributed by atoms with Gasteiger partial charge in [-0.25, -0.2) is 8.42 Å². The summed E-state index contributed by atoms with van der Waals surface area (Å²) in [7, 11) is -3.76. The van der Waals surface area contributed by atoms with E-state index >= 15 is 0 Å². The summed E-state index contributed by atoms with van der Waals surface area (Å²) in [6.07, 6.45) is 0. The van der Waals surface area contributed by atoms with Crippen molar-refractivity contribution in [2.45, 2.75) is 18.7 Å². The van der Waals surface area contributed by atoms with Gasteiger partial charge < -0.3 is 5.73 Å². The Kier molecular flexibility index (Phi) is 3.92. The quantitative estimate of drug-likeness (QED) is 0.854. The Bertz CT molecular complexity index is 758. The molecule has 0 saturated carbocycles. The van der Waals surface area contributed by atoms with Gasteiger partial charge in [0.15, 0.2) is 0 Å². The normalized spacial score (nSPS) is 11.3. The monoisotopic (exact) mass is 310 g/mol. The average molecular weight is 311 g/mol. The second kappa shape index (κ2) is 5.34. The number of benzene rings is 2. The molecule has 0 fully saturated rings. The van der Waals surface area contributed by atoms with Crippen LogP contribution in [0.1, 0.15) is 11.1 Å². The number of rotatable bonds is 3. The fraction of sp³-hybridized carbons (Fsp3) is 0.143. The van der Waals surface area contributed by atoms with Crippen molar-refractivity contribution in [3.05, 3.63) is 52.5 Å². The van der Waals surface area contributed by atoms with Gasteiger partial charge in [-0.15, -0.1) is 0 Å².